The van der Waals surface area contributed by atoms with E-state index in [0.29, 0.717) is 31.7 Å². The molecule has 1 fully saturated rings. The first-order valence-electron chi connectivity index (χ1n) is 12.8. The number of hydrogen-bond donors (Lipinski definition) is 1. The first-order valence-corrected chi connectivity index (χ1v) is 12.8. The Hall–Kier alpha value is -4.39. The van der Waals surface area contributed by atoms with Crippen LogP contribution in [0.3, 0.4) is 0 Å². The summed E-state index contributed by atoms with van der Waals surface area (Å²) in [5.74, 6) is -0.380. The van der Waals surface area contributed by atoms with E-state index in [0.717, 1.165) is 39.5 Å². The van der Waals surface area contributed by atoms with Crippen molar-refractivity contribution in [1.29, 1.82) is 0 Å². The minimum atomic E-state index is -0.306. The highest BCUT2D eigenvalue weighted by atomic mass is 19.1. The molecule has 0 atom stereocenters. The van der Waals surface area contributed by atoms with Crippen LogP contribution in [0.4, 0.5) is 14.9 Å². The molecule has 1 aliphatic rings. The zero-order valence-corrected chi connectivity index (χ0v) is 21.9. The Labute approximate surface area is 222 Å². The molecule has 1 aliphatic heterocycles. The van der Waals surface area contributed by atoms with E-state index in [-0.39, 0.29) is 17.8 Å². The standard InChI is InChI=1S/C31H31FN4O2/c1-21-4-12-26(13-5-21)33-31(38)35-18-16-34(17-19-35)30(37)28-20-29(24-8-10-25(32)11-9-24)36(23(28)3)27-14-6-22(2)7-15-27/h4-15,20H,16-19H2,1-3H3,(H,33,38). The van der Waals surface area contributed by atoms with Crippen LogP contribution < -0.4 is 5.32 Å². The van der Waals surface area contributed by atoms with Crippen LogP contribution in [0, 0.1) is 26.6 Å². The van der Waals surface area contributed by atoms with Crippen molar-refractivity contribution >= 4 is 17.6 Å². The van der Waals surface area contributed by atoms with E-state index in [9.17, 15) is 14.0 Å². The Bertz CT molecular complexity index is 1450. The van der Waals surface area contributed by atoms with Crippen molar-refractivity contribution in [3.05, 3.63) is 107 Å². The highest BCUT2D eigenvalue weighted by molar-refractivity contribution is 5.97. The van der Waals surface area contributed by atoms with Gasteiger partial charge in [-0.15, -0.1) is 0 Å². The quantitative estimate of drug-likeness (QED) is 0.356. The number of nitrogens with one attached hydrogen (secondary N) is 1. The van der Waals surface area contributed by atoms with Crippen molar-refractivity contribution in [2.75, 3.05) is 31.5 Å². The molecule has 2 heterocycles. The van der Waals surface area contributed by atoms with Gasteiger partial charge in [-0.05, 0) is 80.9 Å². The summed E-state index contributed by atoms with van der Waals surface area (Å²) in [4.78, 5) is 30.0. The molecule has 1 saturated heterocycles. The molecular formula is C31H31FN4O2. The van der Waals surface area contributed by atoms with Crippen LogP contribution in [0.5, 0.6) is 0 Å². The van der Waals surface area contributed by atoms with Gasteiger partial charge in [-0.3, -0.25) is 4.79 Å². The zero-order chi connectivity index (χ0) is 26.8. The number of nitrogens with zero attached hydrogens (tertiary/aromatic N) is 3. The minimum absolute atomic E-state index is 0.0738. The maximum Gasteiger partial charge on any atom is 0.321 e. The summed E-state index contributed by atoms with van der Waals surface area (Å²) < 4.78 is 15.7. The molecule has 6 nitrogen and oxygen atoms in total. The van der Waals surface area contributed by atoms with E-state index in [2.05, 4.69) is 5.32 Å². The second-order valence-electron chi connectivity index (χ2n) is 9.78. The molecule has 0 saturated carbocycles. The van der Waals surface area contributed by atoms with Gasteiger partial charge in [0, 0.05) is 43.2 Å². The molecule has 194 valence electrons. The molecule has 38 heavy (non-hydrogen) atoms. The van der Waals surface area contributed by atoms with E-state index in [1.807, 2.05) is 79.9 Å². The first-order chi connectivity index (χ1) is 18.3. The van der Waals surface area contributed by atoms with Gasteiger partial charge in [0.05, 0.1) is 11.3 Å². The third-order valence-electron chi connectivity index (χ3n) is 7.07. The van der Waals surface area contributed by atoms with Gasteiger partial charge in [-0.1, -0.05) is 35.4 Å². The number of carbonyl (C=O) groups is 2. The van der Waals surface area contributed by atoms with Crippen molar-refractivity contribution in [3.8, 4) is 16.9 Å². The van der Waals surface area contributed by atoms with Gasteiger partial charge in [0.2, 0.25) is 0 Å². The van der Waals surface area contributed by atoms with Crippen LogP contribution in [-0.2, 0) is 0 Å². The van der Waals surface area contributed by atoms with E-state index in [1.54, 1.807) is 21.9 Å². The lowest BCUT2D eigenvalue weighted by atomic mass is 10.1. The number of carbonyl (C=O) groups excluding carboxylic acids is 2. The molecule has 1 aromatic heterocycles. The third kappa shape index (κ3) is 5.18. The van der Waals surface area contributed by atoms with Crippen LogP contribution >= 0.6 is 0 Å². The van der Waals surface area contributed by atoms with Gasteiger partial charge in [0.15, 0.2) is 0 Å². The lowest BCUT2D eigenvalue weighted by Crippen LogP contribution is -2.51. The normalized spacial score (nSPS) is 13.5. The molecule has 0 aliphatic carbocycles. The number of halogens is 1. The first kappa shape index (κ1) is 25.3. The lowest BCUT2D eigenvalue weighted by molar-refractivity contribution is 0.0671. The van der Waals surface area contributed by atoms with Crippen molar-refractivity contribution < 1.29 is 14.0 Å². The lowest BCUT2D eigenvalue weighted by Gasteiger charge is -2.34. The molecule has 7 heteroatoms. The molecule has 0 bridgehead atoms. The second-order valence-corrected chi connectivity index (χ2v) is 9.78. The number of anilines is 1. The molecule has 0 spiro atoms. The number of amides is 3. The number of aromatic nitrogens is 1. The number of hydrogen-bond acceptors (Lipinski definition) is 2. The van der Waals surface area contributed by atoms with Crippen LogP contribution in [0.15, 0.2) is 78.9 Å². The highest BCUT2D eigenvalue weighted by Gasteiger charge is 2.28. The minimum Gasteiger partial charge on any atom is -0.335 e. The van der Waals surface area contributed by atoms with Crippen LogP contribution in [0.25, 0.3) is 16.9 Å². The van der Waals surface area contributed by atoms with Crippen molar-refractivity contribution in [3.63, 3.8) is 0 Å². The number of urea groups is 1. The molecule has 0 unspecified atom stereocenters. The van der Waals surface area contributed by atoms with E-state index >= 15 is 0 Å². The summed E-state index contributed by atoms with van der Waals surface area (Å²) in [6.45, 7) is 7.76. The SMILES string of the molecule is Cc1ccc(NC(=O)N2CCN(C(=O)c3cc(-c4ccc(F)cc4)n(-c4ccc(C)cc4)c3C)CC2)cc1. The number of rotatable bonds is 4. The predicted octanol–water partition coefficient (Wildman–Crippen LogP) is 6.20. The van der Waals surface area contributed by atoms with E-state index < -0.39 is 0 Å². The van der Waals surface area contributed by atoms with Gasteiger partial charge >= 0.3 is 6.03 Å². The van der Waals surface area contributed by atoms with Gasteiger partial charge in [-0.2, -0.15) is 0 Å². The fourth-order valence-corrected chi connectivity index (χ4v) is 4.81. The van der Waals surface area contributed by atoms with Gasteiger partial charge in [0.25, 0.3) is 5.91 Å². The third-order valence-corrected chi connectivity index (χ3v) is 7.07. The fraction of sp³-hybridized carbons (Fsp3) is 0.226. The molecule has 1 N–H and O–H groups in total. The van der Waals surface area contributed by atoms with Crippen molar-refractivity contribution in [2.24, 2.45) is 0 Å². The second kappa shape index (κ2) is 10.5. The zero-order valence-electron chi connectivity index (χ0n) is 21.9. The summed E-state index contributed by atoms with van der Waals surface area (Å²) in [6, 6.07) is 23.8. The Balaban J connectivity index is 1.36. The van der Waals surface area contributed by atoms with Crippen LogP contribution in [-0.4, -0.2) is 52.5 Å². The summed E-state index contributed by atoms with van der Waals surface area (Å²) in [5, 5.41) is 2.93. The number of piperazine rings is 1. The molecule has 3 aromatic carbocycles. The van der Waals surface area contributed by atoms with Gasteiger partial charge in [-0.25, -0.2) is 9.18 Å². The van der Waals surface area contributed by atoms with Gasteiger partial charge < -0.3 is 19.7 Å². The Kier molecular flexibility index (Phi) is 7.01. The molecular weight excluding hydrogens is 479 g/mol. The molecule has 3 amide bonds. The largest absolute Gasteiger partial charge is 0.335 e. The molecule has 0 radical (unpaired) electrons. The summed E-state index contributed by atoms with van der Waals surface area (Å²) in [6.07, 6.45) is 0. The Morgan fingerprint density at radius 2 is 1.29 bits per heavy atom. The maximum absolute atomic E-state index is 13.7. The fourth-order valence-electron chi connectivity index (χ4n) is 4.81. The van der Waals surface area contributed by atoms with E-state index in [4.69, 9.17) is 0 Å². The van der Waals surface area contributed by atoms with Crippen molar-refractivity contribution in [1.82, 2.24) is 14.4 Å². The topological polar surface area (TPSA) is 57.6 Å². The van der Waals surface area contributed by atoms with Crippen LogP contribution in [0.1, 0.15) is 27.2 Å². The van der Waals surface area contributed by atoms with Crippen LogP contribution in [0.2, 0.25) is 0 Å². The van der Waals surface area contributed by atoms with E-state index in [1.165, 1.54) is 12.1 Å². The summed E-state index contributed by atoms with van der Waals surface area (Å²) >= 11 is 0. The molecule has 4 aromatic rings. The van der Waals surface area contributed by atoms with Crippen molar-refractivity contribution in [2.45, 2.75) is 20.8 Å². The highest BCUT2D eigenvalue weighted by Crippen LogP contribution is 2.31. The number of aryl methyl sites for hydroxylation is 2. The Morgan fingerprint density at radius 3 is 1.89 bits per heavy atom. The smallest absolute Gasteiger partial charge is 0.321 e. The predicted molar refractivity (Wildman–Crippen MR) is 148 cm³/mol. The molecule has 5 rings (SSSR count). The Morgan fingerprint density at radius 1 is 0.737 bits per heavy atom. The number of benzene rings is 3. The maximum atomic E-state index is 13.7. The average molecular weight is 511 g/mol. The summed E-state index contributed by atoms with van der Waals surface area (Å²) in [5.41, 5.74) is 7.02. The summed E-state index contributed by atoms with van der Waals surface area (Å²) in [7, 11) is 0. The average Bonchev–Trinajstić information content (AvgIpc) is 3.27. The monoisotopic (exact) mass is 510 g/mol. The van der Waals surface area contributed by atoms with Gasteiger partial charge in [0.1, 0.15) is 5.82 Å².